The van der Waals surface area contributed by atoms with Gasteiger partial charge in [-0.3, -0.25) is 4.79 Å². The Morgan fingerprint density at radius 3 is 2.34 bits per heavy atom. The molecule has 0 radical (unpaired) electrons. The largest absolute Gasteiger partial charge is 0.507 e. The second-order valence-corrected chi connectivity index (χ2v) is 9.81. The van der Waals surface area contributed by atoms with Crippen LogP contribution in [-0.2, 0) is 11.2 Å². The molecule has 1 N–H and O–H groups in total. The predicted molar refractivity (Wildman–Crippen MR) is 147 cm³/mol. The maximum absolute atomic E-state index is 13.0. The molecule has 0 heterocycles. The van der Waals surface area contributed by atoms with E-state index in [1.807, 2.05) is 30.3 Å². The molecule has 1 unspecified atom stereocenters. The van der Waals surface area contributed by atoms with Crippen molar-refractivity contribution in [1.82, 2.24) is 0 Å². The molecule has 0 fully saturated rings. The number of carbonyl (C=O) groups excluding carboxylic acids is 1. The summed E-state index contributed by atoms with van der Waals surface area (Å²) in [6, 6.07) is 21.3. The number of carbonyl (C=O) groups is 1. The maximum Gasteiger partial charge on any atom is 0.156 e. The number of hydrogen-bond donors (Lipinski definition) is 1. The van der Waals surface area contributed by atoms with Crippen molar-refractivity contribution in [2.24, 2.45) is 0 Å². The Labute approximate surface area is 207 Å². The van der Waals surface area contributed by atoms with E-state index in [0.29, 0.717) is 12.2 Å². The topological polar surface area (TPSA) is 37.3 Å². The standard InChI is InChI=1S/C33H34O2/c1-4-7-10-21-13-15-23(16-14-21)25(6-3)28-18-17-26-22(5-2)19-24(34)20-30-27-11-8-9-12-29(27)33(35)32(28)31(26)30/h8-9,11-18,20,22,35H,4-7,10,19H2,1-3H3/b28-25+. The van der Waals surface area contributed by atoms with Gasteiger partial charge in [-0.2, -0.15) is 0 Å². The molecule has 1 aliphatic rings. The Kier molecular flexibility index (Phi) is 6.47. The van der Waals surface area contributed by atoms with E-state index in [2.05, 4.69) is 57.2 Å². The van der Waals surface area contributed by atoms with E-state index in [1.165, 1.54) is 35.1 Å². The van der Waals surface area contributed by atoms with Crippen molar-refractivity contribution < 1.29 is 9.90 Å². The van der Waals surface area contributed by atoms with E-state index >= 15 is 0 Å². The monoisotopic (exact) mass is 462 g/mol. The Morgan fingerprint density at radius 1 is 0.914 bits per heavy atom. The fourth-order valence-electron chi connectivity index (χ4n) is 5.83. The van der Waals surface area contributed by atoms with E-state index in [1.54, 1.807) is 0 Å². The van der Waals surface area contributed by atoms with Crippen molar-refractivity contribution in [3.63, 3.8) is 0 Å². The van der Waals surface area contributed by atoms with E-state index in [-0.39, 0.29) is 11.7 Å². The number of aryl methyl sites for hydroxylation is 1. The highest BCUT2D eigenvalue weighted by atomic mass is 16.3. The summed E-state index contributed by atoms with van der Waals surface area (Å²) < 4.78 is 0. The number of phenols is 1. The summed E-state index contributed by atoms with van der Waals surface area (Å²) in [7, 11) is 0. The molecule has 1 aliphatic carbocycles. The minimum Gasteiger partial charge on any atom is -0.507 e. The SMILES string of the molecule is CCCCc1ccc(/C(CC)=c2\ccc3c4c(c5ccccc5c(O)c24)=CC(=O)CC3CC)cc1. The van der Waals surface area contributed by atoms with Crippen LogP contribution in [0.5, 0.6) is 5.75 Å². The van der Waals surface area contributed by atoms with Gasteiger partial charge in [-0.05, 0) is 81.2 Å². The Balaban J connectivity index is 1.92. The molecule has 0 aliphatic heterocycles. The van der Waals surface area contributed by atoms with Gasteiger partial charge in [0, 0.05) is 17.2 Å². The minimum atomic E-state index is 0.153. The third kappa shape index (κ3) is 4.05. The first-order chi connectivity index (χ1) is 17.1. The number of Topliss-reactive ketones (excluding diaryl/α,β-unsaturated/α-hetero) is 1. The van der Waals surface area contributed by atoms with Crippen molar-refractivity contribution >= 4 is 39.0 Å². The highest BCUT2D eigenvalue weighted by Gasteiger charge is 2.23. The second kappa shape index (κ2) is 9.70. The highest BCUT2D eigenvalue weighted by molar-refractivity contribution is 6.15. The molecule has 2 heteroatoms. The van der Waals surface area contributed by atoms with Gasteiger partial charge in [0.25, 0.3) is 0 Å². The van der Waals surface area contributed by atoms with Crippen LogP contribution >= 0.6 is 0 Å². The summed E-state index contributed by atoms with van der Waals surface area (Å²) in [6.07, 6.45) is 7.58. The predicted octanol–water partition coefficient (Wildman–Crippen LogP) is 6.90. The van der Waals surface area contributed by atoms with E-state index in [9.17, 15) is 9.90 Å². The van der Waals surface area contributed by atoms with Crippen LogP contribution in [0.1, 0.15) is 75.5 Å². The average Bonchev–Trinajstić information content (AvgIpc) is 3.03. The lowest BCUT2D eigenvalue weighted by molar-refractivity contribution is -0.113. The fraction of sp³-hybridized carbons (Fsp3) is 0.303. The molecule has 5 rings (SSSR count). The lowest BCUT2D eigenvalue weighted by atomic mass is 9.86. The zero-order valence-corrected chi connectivity index (χ0v) is 21.0. The van der Waals surface area contributed by atoms with Crippen LogP contribution in [0.15, 0.2) is 60.7 Å². The van der Waals surface area contributed by atoms with Crippen molar-refractivity contribution in [1.29, 1.82) is 0 Å². The van der Waals surface area contributed by atoms with Gasteiger partial charge in [0.1, 0.15) is 5.75 Å². The van der Waals surface area contributed by atoms with Gasteiger partial charge in [0.2, 0.25) is 0 Å². The van der Waals surface area contributed by atoms with Gasteiger partial charge in [-0.25, -0.2) is 0 Å². The van der Waals surface area contributed by atoms with Gasteiger partial charge in [-0.15, -0.1) is 0 Å². The van der Waals surface area contributed by atoms with Crippen molar-refractivity contribution in [2.45, 2.75) is 65.2 Å². The average molecular weight is 463 g/mol. The summed E-state index contributed by atoms with van der Waals surface area (Å²) in [5, 5.41) is 17.4. The van der Waals surface area contributed by atoms with Gasteiger partial charge in [0.05, 0.1) is 0 Å². The smallest absolute Gasteiger partial charge is 0.156 e. The van der Waals surface area contributed by atoms with Gasteiger partial charge in [0.15, 0.2) is 5.78 Å². The third-order valence-electron chi connectivity index (χ3n) is 7.70. The second-order valence-electron chi connectivity index (χ2n) is 9.81. The quantitative estimate of drug-likeness (QED) is 0.317. The number of phenolic OH excluding ortho intramolecular Hbond substituents is 1. The minimum absolute atomic E-state index is 0.153. The van der Waals surface area contributed by atoms with Crippen LogP contribution in [0.25, 0.3) is 33.2 Å². The first-order valence-corrected chi connectivity index (χ1v) is 13.1. The van der Waals surface area contributed by atoms with E-state index in [4.69, 9.17) is 0 Å². The number of unbranched alkanes of at least 4 members (excludes halogenated alkanes) is 1. The van der Waals surface area contributed by atoms with Gasteiger partial charge < -0.3 is 5.11 Å². The maximum atomic E-state index is 13.0. The van der Waals surface area contributed by atoms with Crippen LogP contribution in [0.4, 0.5) is 0 Å². The molecule has 35 heavy (non-hydrogen) atoms. The molecule has 0 amide bonds. The molecule has 4 aromatic rings. The van der Waals surface area contributed by atoms with Crippen molar-refractivity contribution in [3.8, 4) is 5.75 Å². The zero-order valence-electron chi connectivity index (χ0n) is 21.0. The molecule has 0 spiro atoms. The fourth-order valence-corrected chi connectivity index (χ4v) is 5.83. The first kappa shape index (κ1) is 23.4. The highest BCUT2D eigenvalue weighted by Crippen LogP contribution is 2.36. The normalized spacial score (nSPS) is 16.3. The van der Waals surface area contributed by atoms with Crippen LogP contribution < -0.4 is 10.4 Å². The first-order valence-electron chi connectivity index (χ1n) is 13.1. The summed E-state index contributed by atoms with van der Waals surface area (Å²) in [5.74, 6) is 0.633. The Morgan fingerprint density at radius 2 is 1.66 bits per heavy atom. The number of rotatable bonds is 6. The third-order valence-corrected chi connectivity index (χ3v) is 7.70. The van der Waals surface area contributed by atoms with E-state index in [0.717, 1.165) is 51.2 Å². The molecule has 0 saturated heterocycles. The van der Waals surface area contributed by atoms with Crippen molar-refractivity contribution in [3.05, 3.63) is 87.8 Å². The molecule has 4 aromatic carbocycles. The molecule has 178 valence electrons. The Hall–Kier alpha value is -3.39. The molecular formula is C33H34O2. The molecule has 2 nitrogen and oxygen atoms in total. The number of fused-ring (bicyclic) bond motifs is 2. The Bertz CT molecular complexity index is 1540. The zero-order chi connectivity index (χ0) is 24.5. The summed E-state index contributed by atoms with van der Waals surface area (Å²) in [4.78, 5) is 13.0. The molecule has 0 saturated carbocycles. The van der Waals surface area contributed by atoms with Crippen LogP contribution in [-0.4, -0.2) is 10.9 Å². The molecule has 0 bridgehead atoms. The number of aromatic hydroxyl groups is 1. The van der Waals surface area contributed by atoms with Crippen molar-refractivity contribution in [2.75, 3.05) is 0 Å². The summed E-state index contributed by atoms with van der Waals surface area (Å²) in [5.41, 5.74) is 4.96. The summed E-state index contributed by atoms with van der Waals surface area (Å²) in [6.45, 7) is 6.55. The van der Waals surface area contributed by atoms with Gasteiger partial charge in [-0.1, -0.05) is 87.9 Å². The summed E-state index contributed by atoms with van der Waals surface area (Å²) >= 11 is 0. The number of hydrogen-bond acceptors (Lipinski definition) is 2. The van der Waals surface area contributed by atoms with Crippen LogP contribution in [0, 0.1) is 0 Å². The van der Waals surface area contributed by atoms with Crippen LogP contribution in [0.3, 0.4) is 0 Å². The molecule has 0 aromatic heterocycles. The number of ketones is 1. The van der Waals surface area contributed by atoms with E-state index < -0.39 is 0 Å². The number of benzene rings is 4. The molecular weight excluding hydrogens is 428 g/mol. The molecule has 1 atom stereocenters. The van der Waals surface area contributed by atoms with Crippen LogP contribution in [0.2, 0.25) is 0 Å². The lowest BCUT2D eigenvalue weighted by Crippen LogP contribution is -2.16. The lowest BCUT2D eigenvalue weighted by Gasteiger charge is -2.18. The van der Waals surface area contributed by atoms with Gasteiger partial charge >= 0.3 is 0 Å².